The van der Waals surface area contributed by atoms with Crippen molar-refractivity contribution in [2.75, 3.05) is 0 Å². The highest BCUT2D eigenvalue weighted by atomic mass is 16.1. The van der Waals surface area contributed by atoms with Crippen LogP contribution in [0.15, 0.2) is 24.3 Å². The van der Waals surface area contributed by atoms with E-state index >= 15 is 0 Å². The van der Waals surface area contributed by atoms with Gasteiger partial charge in [-0.2, -0.15) is 0 Å². The Morgan fingerprint density at radius 2 is 2.18 bits per heavy atom. The van der Waals surface area contributed by atoms with Crippen LogP contribution in [0.4, 0.5) is 0 Å². The molecule has 0 aliphatic carbocycles. The van der Waals surface area contributed by atoms with Crippen LogP contribution in [-0.4, -0.2) is 5.91 Å². The van der Waals surface area contributed by atoms with Crippen molar-refractivity contribution in [3.8, 4) is 0 Å². The maximum atomic E-state index is 10.6. The van der Waals surface area contributed by atoms with Gasteiger partial charge in [0.1, 0.15) is 0 Å². The quantitative estimate of drug-likeness (QED) is 0.484. The highest BCUT2D eigenvalue weighted by Gasteiger charge is 1.98. The molecular weight excluding hydrogens is 138 g/mol. The smallest absolute Gasteiger partial charge is 0.248 e. The summed E-state index contributed by atoms with van der Waals surface area (Å²) in [6, 6.07) is 0. The zero-order chi connectivity index (χ0) is 8.85. The van der Waals surface area contributed by atoms with Crippen LogP contribution in [0.3, 0.4) is 0 Å². The lowest BCUT2D eigenvalue weighted by Crippen LogP contribution is -2.12. The zero-order valence-corrected chi connectivity index (χ0v) is 7.13. The normalized spacial score (nSPS) is 11.7. The van der Waals surface area contributed by atoms with E-state index in [-0.39, 0.29) is 0 Å². The Morgan fingerprint density at radius 3 is 2.45 bits per heavy atom. The molecule has 2 nitrogen and oxygen atoms in total. The molecule has 0 aliphatic heterocycles. The molecule has 0 aromatic rings. The van der Waals surface area contributed by atoms with Crippen molar-refractivity contribution in [1.82, 2.24) is 0 Å². The summed E-state index contributed by atoms with van der Waals surface area (Å²) in [5.74, 6) is 0.143. The fourth-order valence-electron chi connectivity index (χ4n) is 0.647. The summed E-state index contributed by atoms with van der Waals surface area (Å²) in [5.41, 5.74) is 5.57. The number of rotatable bonds is 4. The minimum atomic E-state index is -0.402. The summed E-state index contributed by atoms with van der Waals surface area (Å²) in [6.07, 6.45) is 4.18. The Bertz CT molecular complexity index is 180. The van der Waals surface area contributed by atoms with E-state index < -0.39 is 5.91 Å². The van der Waals surface area contributed by atoms with E-state index in [1.807, 2.05) is 6.08 Å². The van der Waals surface area contributed by atoms with Gasteiger partial charge in [0.2, 0.25) is 5.91 Å². The van der Waals surface area contributed by atoms with Crippen LogP contribution in [0, 0.1) is 5.92 Å². The van der Waals surface area contributed by atoms with Crippen LogP contribution in [0.2, 0.25) is 0 Å². The second-order valence-electron chi connectivity index (χ2n) is 2.86. The zero-order valence-electron chi connectivity index (χ0n) is 7.13. The lowest BCUT2D eigenvalue weighted by Gasteiger charge is -1.99. The van der Waals surface area contributed by atoms with E-state index in [4.69, 9.17) is 5.73 Å². The van der Waals surface area contributed by atoms with Crippen LogP contribution in [0.25, 0.3) is 0 Å². The molecule has 0 atom stereocenters. The Hall–Kier alpha value is -1.05. The summed E-state index contributed by atoms with van der Waals surface area (Å²) >= 11 is 0. The van der Waals surface area contributed by atoms with Crippen LogP contribution in [0.5, 0.6) is 0 Å². The van der Waals surface area contributed by atoms with Crippen molar-refractivity contribution >= 4 is 5.91 Å². The number of primary amides is 1. The third kappa shape index (κ3) is 4.37. The Labute approximate surface area is 67.8 Å². The van der Waals surface area contributed by atoms with Gasteiger partial charge in [-0.15, -0.1) is 0 Å². The third-order valence-electron chi connectivity index (χ3n) is 1.31. The first-order chi connectivity index (χ1) is 5.07. The molecule has 0 unspecified atom stereocenters. The number of carbonyl (C=O) groups excluding carboxylic acids is 1. The number of hydrogen-bond donors (Lipinski definition) is 1. The highest BCUT2D eigenvalue weighted by molar-refractivity contribution is 5.94. The predicted octanol–water partition coefficient (Wildman–Crippen LogP) is 1.63. The van der Waals surface area contributed by atoms with Crippen molar-refractivity contribution in [3.05, 3.63) is 24.3 Å². The minimum Gasteiger partial charge on any atom is -0.366 e. The SMILES string of the molecule is C=C/C(=C/CC(C)C)C(N)=O. The van der Waals surface area contributed by atoms with Crippen molar-refractivity contribution in [2.45, 2.75) is 20.3 Å². The monoisotopic (exact) mass is 153 g/mol. The molecule has 0 heterocycles. The Balaban J connectivity index is 4.13. The molecule has 0 saturated heterocycles. The van der Waals surface area contributed by atoms with Crippen molar-refractivity contribution in [2.24, 2.45) is 11.7 Å². The average Bonchev–Trinajstić information content (AvgIpc) is 1.87. The first kappa shape index (κ1) is 9.95. The van der Waals surface area contributed by atoms with Crippen LogP contribution >= 0.6 is 0 Å². The van der Waals surface area contributed by atoms with E-state index in [1.54, 1.807) is 0 Å². The van der Waals surface area contributed by atoms with Gasteiger partial charge in [0.25, 0.3) is 0 Å². The summed E-state index contributed by atoms with van der Waals surface area (Å²) in [6.45, 7) is 7.65. The lowest BCUT2D eigenvalue weighted by molar-refractivity contribution is -0.114. The molecule has 1 amide bonds. The predicted molar refractivity (Wildman–Crippen MR) is 46.9 cm³/mol. The van der Waals surface area contributed by atoms with E-state index in [9.17, 15) is 4.79 Å². The van der Waals surface area contributed by atoms with Gasteiger partial charge >= 0.3 is 0 Å². The number of nitrogens with two attached hydrogens (primary N) is 1. The van der Waals surface area contributed by atoms with Crippen LogP contribution in [-0.2, 0) is 4.79 Å². The number of allylic oxidation sites excluding steroid dienone is 1. The molecule has 2 heteroatoms. The number of carbonyl (C=O) groups is 1. The van der Waals surface area contributed by atoms with Crippen molar-refractivity contribution in [3.63, 3.8) is 0 Å². The van der Waals surface area contributed by atoms with Gasteiger partial charge in [-0.05, 0) is 12.3 Å². The lowest BCUT2D eigenvalue weighted by atomic mass is 10.1. The molecular formula is C9H15NO. The third-order valence-corrected chi connectivity index (χ3v) is 1.31. The topological polar surface area (TPSA) is 43.1 Å². The standard InChI is InChI=1S/C9H15NO/c1-4-8(9(10)11)6-5-7(2)3/h4,6-7H,1,5H2,2-3H3,(H2,10,11)/b8-6-. The van der Waals surface area contributed by atoms with Crippen molar-refractivity contribution < 1.29 is 4.79 Å². The maximum Gasteiger partial charge on any atom is 0.248 e. The van der Waals surface area contributed by atoms with Gasteiger partial charge in [0.05, 0.1) is 0 Å². The maximum absolute atomic E-state index is 10.6. The van der Waals surface area contributed by atoms with Gasteiger partial charge in [0, 0.05) is 5.57 Å². The second kappa shape index (κ2) is 4.72. The Kier molecular flexibility index (Phi) is 4.27. The molecule has 2 N–H and O–H groups in total. The van der Waals surface area contributed by atoms with Crippen molar-refractivity contribution in [1.29, 1.82) is 0 Å². The van der Waals surface area contributed by atoms with Gasteiger partial charge in [-0.1, -0.05) is 32.6 Å². The first-order valence-electron chi connectivity index (χ1n) is 3.70. The minimum absolute atomic E-state index is 0.402. The molecule has 0 saturated carbocycles. The van der Waals surface area contributed by atoms with E-state index in [2.05, 4.69) is 20.4 Å². The molecule has 0 aliphatic rings. The molecule has 0 spiro atoms. The van der Waals surface area contributed by atoms with Gasteiger partial charge < -0.3 is 5.73 Å². The summed E-state index contributed by atoms with van der Waals surface area (Å²) in [5, 5.41) is 0. The molecule has 0 aromatic heterocycles. The molecule has 0 bridgehead atoms. The molecule has 62 valence electrons. The molecule has 0 rings (SSSR count). The number of hydrogen-bond acceptors (Lipinski definition) is 1. The summed E-state index contributed by atoms with van der Waals surface area (Å²) in [4.78, 5) is 10.6. The molecule has 0 aromatic carbocycles. The first-order valence-corrected chi connectivity index (χ1v) is 3.70. The fourth-order valence-corrected chi connectivity index (χ4v) is 0.647. The Morgan fingerprint density at radius 1 is 1.64 bits per heavy atom. The largest absolute Gasteiger partial charge is 0.366 e. The summed E-state index contributed by atoms with van der Waals surface area (Å²) < 4.78 is 0. The van der Waals surface area contributed by atoms with Gasteiger partial charge in [0.15, 0.2) is 0 Å². The second-order valence-corrected chi connectivity index (χ2v) is 2.86. The highest BCUT2D eigenvalue weighted by Crippen LogP contribution is 2.04. The fraction of sp³-hybridized carbons (Fsp3) is 0.444. The van der Waals surface area contributed by atoms with Crippen LogP contribution in [0.1, 0.15) is 20.3 Å². The molecule has 0 radical (unpaired) electrons. The molecule has 0 fully saturated rings. The van der Waals surface area contributed by atoms with Gasteiger partial charge in [-0.3, -0.25) is 4.79 Å². The van der Waals surface area contributed by atoms with E-state index in [0.29, 0.717) is 11.5 Å². The summed E-state index contributed by atoms with van der Waals surface area (Å²) in [7, 11) is 0. The van der Waals surface area contributed by atoms with E-state index in [0.717, 1.165) is 6.42 Å². The average molecular weight is 153 g/mol. The van der Waals surface area contributed by atoms with Crippen LogP contribution < -0.4 is 5.73 Å². The van der Waals surface area contributed by atoms with E-state index in [1.165, 1.54) is 6.08 Å². The number of amides is 1. The van der Waals surface area contributed by atoms with Gasteiger partial charge in [-0.25, -0.2) is 0 Å². The molecule has 11 heavy (non-hydrogen) atoms.